The van der Waals surface area contributed by atoms with E-state index in [1.807, 2.05) is 13.8 Å². The molecule has 0 spiro atoms. The zero-order chi connectivity index (χ0) is 15.1. The minimum atomic E-state index is -0.565. The number of rotatable bonds is 6. The van der Waals surface area contributed by atoms with Crippen LogP contribution in [0.5, 0.6) is 5.75 Å². The molecule has 0 saturated carbocycles. The predicted molar refractivity (Wildman–Crippen MR) is 76.2 cm³/mol. The van der Waals surface area contributed by atoms with E-state index in [9.17, 15) is 9.59 Å². The van der Waals surface area contributed by atoms with E-state index in [0.29, 0.717) is 5.02 Å². The van der Waals surface area contributed by atoms with Gasteiger partial charge in [0.2, 0.25) is 0 Å². The quantitative estimate of drug-likeness (QED) is 0.819. The zero-order valence-corrected chi connectivity index (χ0v) is 12.5. The number of hydrogen-bond acceptors (Lipinski definition) is 4. The third-order valence-electron chi connectivity index (χ3n) is 2.73. The van der Waals surface area contributed by atoms with E-state index in [4.69, 9.17) is 16.3 Å². The van der Waals surface area contributed by atoms with Crippen molar-refractivity contribution in [3.8, 4) is 5.75 Å². The Morgan fingerprint density at radius 2 is 2.10 bits per heavy atom. The van der Waals surface area contributed by atoms with Crippen molar-refractivity contribution in [2.24, 2.45) is 0 Å². The average Bonchev–Trinajstić information content (AvgIpc) is 2.44. The van der Waals surface area contributed by atoms with E-state index in [1.165, 1.54) is 19.2 Å². The van der Waals surface area contributed by atoms with Crippen molar-refractivity contribution >= 4 is 23.5 Å². The van der Waals surface area contributed by atoms with Gasteiger partial charge in [0.25, 0.3) is 5.91 Å². The Bertz CT molecular complexity index is 490. The first-order valence-electron chi connectivity index (χ1n) is 6.28. The van der Waals surface area contributed by atoms with Crippen molar-refractivity contribution in [3.05, 3.63) is 28.8 Å². The molecular formula is C14H18ClNO4. The fraction of sp³-hybridized carbons (Fsp3) is 0.429. The molecule has 1 N–H and O–H groups in total. The summed E-state index contributed by atoms with van der Waals surface area (Å²) < 4.78 is 9.99. The van der Waals surface area contributed by atoms with Crippen LogP contribution < -0.4 is 10.1 Å². The monoisotopic (exact) mass is 299 g/mol. The number of ether oxygens (including phenoxy) is 2. The first-order valence-corrected chi connectivity index (χ1v) is 6.65. The summed E-state index contributed by atoms with van der Waals surface area (Å²) >= 11 is 5.83. The van der Waals surface area contributed by atoms with Gasteiger partial charge in [-0.05, 0) is 31.5 Å². The maximum atomic E-state index is 11.6. The second-order valence-electron chi connectivity index (χ2n) is 4.30. The lowest BCUT2D eigenvalue weighted by atomic mass is 10.2. The lowest BCUT2D eigenvalue weighted by molar-refractivity contribution is -0.123. The highest BCUT2D eigenvalue weighted by atomic mass is 35.5. The van der Waals surface area contributed by atoms with Crippen LogP contribution in [0, 0.1) is 0 Å². The Hall–Kier alpha value is -1.75. The smallest absolute Gasteiger partial charge is 0.341 e. The average molecular weight is 300 g/mol. The van der Waals surface area contributed by atoms with E-state index in [0.717, 1.165) is 6.42 Å². The van der Waals surface area contributed by atoms with E-state index in [-0.39, 0.29) is 29.9 Å². The highest BCUT2D eigenvalue weighted by Gasteiger charge is 2.15. The molecule has 0 aliphatic rings. The van der Waals surface area contributed by atoms with Gasteiger partial charge in [0.15, 0.2) is 6.61 Å². The normalized spacial score (nSPS) is 11.6. The minimum absolute atomic E-state index is 0.0800. The van der Waals surface area contributed by atoms with Gasteiger partial charge in [-0.25, -0.2) is 4.79 Å². The van der Waals surface area contributed by atoms with Gasteiger partial charge < -0.3 is 14.8 Å². The van der Waals surface area contributed by atoms with Crippen molar-refractivity contribution < 1.29 is 19.1 Å². The molecule has 1 atom stereocenters. The maximum absolute atomic E-state index is 11.6. The third kappa shape index (κ3) is 4.74. The molecule has 1 aromatic rings. The van der Waals surface area contributed by atoms with Crippen LogP contribution in [-0.4, -0.2) is 31.6 Å². The number of hydrogen-bond donors (Lipinski definition) is 1. The van der Waals surface area contributed by atoms with Crippen molar-refractivity contribution in [3.63, 3.8) is 0 Å². The van der Waals surface area contributed by atoms with Crippen LogP contribution in [0.15, 0.2) is 18.2 Å². The first-order chi connectivity index (χ1) is 9.47. The van der Waals surface area contributed by atoms with Crippen LogP contribution in [0.25, 0.3) is 0 Å². The molecule has 0 aliphatic carbocycles. The number of methoxy groups -OCH3 is 1. The molecule has 6 heteroatoms. The SMILES string of the molecule is CC[C@H](C)NC(=O)COc1ccc(Cl)cc1C(=O)OC. The molecule has 0 saturated heterocycles. The lowest BCUT2D eigenvalue weighted by Crippen LogP contribution is -2.35. The van der Waals surface area contributed by atoms with Crippen molar-refractivity contribution in [2.75, 3.05) is 13.7 Å². The summed E-state index contributed by atoms with van der Waals surface area (Å²) in [6.07, 6.45) is 0.833. The highest BCUT2D eigenvalue weighted by Crippen LogP contribution is 2.23. The Morgan fingerprint density at radius 1 is 1.40 bits per heavy atom. The van der Waals surface area contributed by atoms with Gasteiger partial charge in [0.05, 0.1) is 7.11 Å². The van der Waals surface area contributed by atoms with Crippen LogP contribution in [0.4, 0.5) is 0 Å². The molecule has 0 aliphatic heterocycles. The fourth-order valence-electron chi connectivity index (χ4n) is 1.46. The highest BCUT2D eigenvalue weighted by molar-refractivity contribution is 6.31. The number of nitrogens with one attached hydrogen (secondary N) is 1. The predicted octanol–water partition coefficient (Wildman–Crippen LogP) is 2.42. The molecular weight excluding hydrogens is 282 g/mol. The molecule has 0 aromatic heterocycles. The van der Waals surface area contributed by atoms with Crippen molar-refractivity contribution in [1.29, 1.82) is 0 Å². The molecule has 1 amide bonds. The number of amides is 1. The number of esters is 1. The third-order valence-corrected chi connectivity index (χ3v) is 2.96. The Kier molecular flexibility index (Phi) is 6.31. The molecule has 1 aromatic carbocycles. The first kappa shape index (κ1) is 16.3. The molecule has 20 heavy (non-hydrogen) atoms. The molecule has 0 unspecified atom stereocenters. The summed E-state index contributed by atoms with van der Waals surface area (Å²) in [5, 5.41) is 3.16. The molecule has 0 radical (unpaired) electrons. The van der Waals surface area contributed by atoms with Crippen LogP contribution in [0.1, 0.15) is 30.6 Å². The Balaban J connectivity index is 2.72. The minimum Gasteiger partial charge on any atom is -0.483 e. The van der Waals surface area contributed by atoms with E-state index < -0.39 is 5.97 Å². The number of benzene rings is 1. The topological polar surface area (TPSA) is 64.6 Å². The van der Waals surface area contributed by atoms with E-state index >= 15 is 0 Å². The van der Waals surface area contributed by atoms with Crippen molar-refractivity contribution in [2.45, 2.75) is 26.3 Å². The van der Waals surface area contributed by atoms with Gasteiger partial charge >= 0.3 is 5.97 Å². The fourth-order valence-corrected chi connectivity index (χ4v) is 1.63. The number of halogens is 1. The lowest BCUT2D eigenvalue weighted by Gasteiger charge is -2.13. The van der Waals surface area contributed by atoms with Gasteiger partial charge in [-0.1, -0.05) is 18.5 Å². The molecule has 1 rings (SSSR count). The van der Waals surface area contributed by atoms with Gasteiger partial charge in [0, 0.05) is 11.1 Å². The largest absolute Gasteiger partial charge is 0.483 e. The molecule has 110 valence electrons. The Labute approximate surface area is 123 Å². The van der Waals surface area contributed by atoms with Crippen molar-refractivity contribution in [1.82, 2.24) is 5.32 Å². The van der Waals surface area contributed by atoms with E-state index in [1.54, 1.807) is 6.07 Å². The zero-order valence-electron chi connectivity index (χ0n) is 11.7. The second-order valence-corrected chi connectivity index (χ2v) is 4.73. The van der Waals surface area contributed by atoms with Gasteiger partial charge in [0.1, 0.15) is 11.3 Å². The Morgan fingerprint density at radius 3 is 2.70 bits per heavy atom. The van der Waals surface area contributed by atoms with Crippen LogP contribution in [0.2, 0.25) is 5.02 Å². The molecule has 0 fully saturated rings. The standard InChI is InChI=1S/C14H18ClNO4/c1-4-9(2)16-13(17)8-20-12-6-5-10(15)7-11(12)14(18)19-3/h5-7,9H,4,8H2,1-3H3,(H,16,17)/t9-/m0/s1. The van der Waals surface area contributed by atoms with Gasteiger partial charge in [-0.15, -0.1) is 0 Å². The van der Waals surface area contributed by atoms with Gasteiger partial charge in [-0.2, -0.15) is 0 Å². The summed E-state index contributed by atoms with van der Waals surface area (Å²) in [5.41, 5.74) is 0.191. The van der Waals surface area contributed by atoms with E-state index in [2.05, 4.69) is 10.1 Å². The van der Waals surface area contributed by atoms with Gasteiger partial charge in [-0.3, -0.25) is 4.79 Å². The maximum Gasteiger partial charge on any atom is 0.341 e. The molecule has 0 heterocycles. The number of carbonyl (C=O) groups is 2. The summed E-state index contributed by atoms with van der Waals surface area (Å²) in [6, 6.07) is 4.63. The van der Waals surface area contributed by atoms with Crippen LogP contribution >= 0.6 is 11.6 Å². The molecule has 5 nitrogen and oxygen atoms in total. The van der Waals surface area contributed by atoms with Crippen LogP contribution in [-0.2, 0) is 9.53 Å². The summed E-state index contributed by atoms with van der Waals surface area (Å²) in [4.78, 5) is 23.2. The molecule has 0 bridgehead atoms. The summed E-state index contributed by atoms with van der Waals surface area (Å²) in [7, 11) is 1.27. The van der Waals surface area contributed by atoms with Crippen LogP contribution in [0.3, 0.4) is 0 Å². The summed E-state index contributed by atoms with van der Waals surface area (Å²) in [5.74, 6) is -0.546. The number of carbonyl (C=O) groups excluding carboxylic acids is 2. The second kappa shape index (κ2) is 7.75. The summed E-state index contributed by atoms with van der Waals surface area (Å²) in [6.45, 7) is 3.70.